The van der Waals surface area contributed by atoms with E-state index in [-0.39, 0.29) is 12.5 Å². The molecule has 2 heteroatoms. The first-order valence-corrected chi connectivity index (χ1v) is 4.26. The fraction of sp³-hybridized carbons (Fsp3) is 0.778. The Balaban J connectivity index is 2.23. The number of aliphatic hydroxyl groups excluding tert-OH is 1. The number of aliphatic hydroxyl groups is 2. The number of hydrogen-bond acceptors (Lipinski definition) is 2. The molecular weight excluding hydrogens is 140 g/mol. The zero-order valence-electron chi connectivity index (χ0n) is 6.53. The van der Waals surface area contributed by atoms with Crippen molar-refractivity contribution in [1.29, 1.82) is 0 Å². The van der Waals surface area contributed by atoms with Crippen molar-refractivity contribution >= 4 is 0 Å². The van der Waals surface area contributed by atoms with Gasteiger partial charge in [0.1, 0.15) is 0 Å². The van der Waals surface area contributed by atoms with Gasteiger partial charge in [-0.1, -0.05) is 12.2 Å². The lowest BCUT2D eigenvalue weighted by molar-refractivity contribution is -0.0856. The topological polar surface area (TPSA) is 40.5 Å². The van der Waals surface area contributed by atoms with Crippen LogP contribution in [0.2, 0.25) is 0 Å². The maximum absolute atomic E-state index is 9.87. The van der Waals surface area contributed by atoms with Gasteiger partial charge in [0.05, 0.1) is 12.2 Å². The van der Waals surface area contributed by atoms with Crippen LogP contribution in [0.25, 0.3) is 0 Å². The first-order chi connectivity index (χ1) is 5.24. The van der Waals surface area contributed by atoms with Crippen LogP contribution < -0.4 is 0 Å². The van der Waals surface area contributed by atoms with Gasteiger partial charge in [0, 0.05) is 5.92 Å². The zero-order valence-corrected chi connectivity index (χ0v) is 6.53. The van der Waals surface area contributed by atoms with Crippen molar-refractivity contribution < 1.29 is 10.2 Å². The predicted octanol–water partition coefficient (Wildman–Crippen LogP) is 0.696. The summed E-state index contributed by atoms with van der Waals surface area (Å²) >= 11 is 0. The van der Waals surface area contributed by atoms with Crippen molar-refractivity contribution in [2.24, 2.45) is 11.8 Å². The van der Waals surface area contributed by atoms with Gasteiger partial charge >= 0.3 is 0 Å². The number of allylic oxidation sites excluding steroid dienone is 1. The van der Waals surface area contributed by atoms with Gasteiger partial charge in [-0.25, -0.2) is 0 Å². The molecule has 0 spiro atoms. The molecule has 1 fully saturated rings. The summed E-state index contributed by atoms with van der Waals surface area (Å²) in [7, 11) is 0. The fourth-order valence-electron chi connectivity index (χ4n) is 2.28. The molecule has 0 radical (unpaired) electrons. The molecule has 3 aliphatic carbocycles. The van der Waals surface area contributed by atoms with E-state index >= 15 is 0 Å². The minimum absolute atomic E-state index is 0.0848. The Bertz CT molecular complexity index is 188. The molecule has 3 atom stereocenters. The van der Waals surface area contributed by atoms with Crippen LogP contribution in [0.5, 0.6) is 0 Å². The first kappa shape index (κ1) is 7.32. The molecule has 3 aliphatic rings. The highest BCUT2D eigenvalue weighted by Crippen LogP contribution is 2.42. The van der Waals surface area contributed by atoms with Gasteiger partial charge in [-0.2, -0.15) is 0 Å². The van der Waals surface area contributed by atoms with Gasteiger partial charge < -0.3 is 10.2 Å². The van der Waals surface area contributed by atoms with Crippen LogP contribution in [-0.2, 0) is 0 Å². The smallest absolute Gasteiger partial charge is 0.0945 e. The molecule has 2 N–H and O–H groups in total. The Morgan fingerprint density at radius 1 is 1.36 bits per heavy atom. The summed E-state index contributed by atoms with van der Waals surface area (Å²) in [6, 6.07) is 0. The third-order valence-electron chi connectivity index (χ3n) is 3.04. The lowest BCUT2D eigenvalue weighted by Gasteiger charge is -2.43. The van der Waals surface area contributed by atoms with Crippen LogP contribution in [0.3, 0.4) is 0 Å². The Morgan fingerprint density at radius 2 is 2.18 bits per heavy atom. The van der Waals surface area contributed by atoms with Crippen LogP contribution in [-0.4, -0.2) is 22.4 Å². The third kappa shape index (κ3) is 1.01. The molecule has 11 heavy (non-hydrogen) atoms. The maximum Gasteiger partial charge on any atom is 0.0945 e. The Morgan fingerprint density at radius 3 is 2.45 bits per heavy atom. The molecule has 3 rings (SSSR count). The van der Waals surface area contributed by atoms with Gasteiger partial charge in [0.15, 0.2) is 0 Å². The standard InChI is InChI=1S/C9H14O2/c10-6-9(11)5-7-1-3-8(9)4-2-7/h1,3,7-8,10-11H,2,4-6H2/t7-,8+,9-/m1/s1. The van der Waals surface area contributed by atoms with E-state index in [0.29, 0.717) is 5.92 Å². The molecule has 0 aromatic heterocycles. The molecule has 0 saturated heterocycles. The molecule has 0 heterocycles. The molecule has 0 aliphatic heterocycles. The molecule has 0 unspecified atom stereocenters. The average Bonchev–Trinajstić information content (AvgIpc) is 2.06. The lowest BCUT2D eigenvalue weighted by Crippen LogP contribution is -2.47. The molecular formula is C9H14O2. The highest BCUT2D eigenvalue weighted by atomic mass is 16.3. The van der Waals surface area contributed by atoms with Gasteiger partial charge in [-0.15, -0.1) is 0 Å². The summed E-state index contributed by atoms with van der Waals surface area (Å²) < 4.78 is 0. The van der Waals surface area contributed by atoms with E-state index in [1.807, 2.05) is 0 Å². The molecule has 62 valence electrons. The summed E-state index contributed by atoms with van der Waals surface area (Å²) in [6.45, 7) is -0.0848. The highest BCUT2D eigenvalue weighted by Gasteiger charge is 2.42. The highest BCUT2D eigenvalue weighted by molar-refractivity contribution is 5.12. The molecule has 0 aromatic carbocycles. The van der Waals surface area contributed by atoms with E-state index < -0.39 is 5.60 Å². The molecule has 2 nitrogen and oxygen atoms in total. The summed E-state index contributed by atoms with van der Waals surface area (Å²) in [5.41, 5.74) is -0.794. The van der Waals surface area contributed by atoms with Crippen molar-refractivity contribution in [3.63, 3.8) is 0 Å². The summed E-state index contributed by atoms with van der Waals surface area (Å²) in [4.78, 5) is 0. The fourth-order valence-corrected chi connectivity index (χ4v) is 2.28. The third-order valence-corrected chi connectivity index (χ3v) is 3.04. The van der Waals surface area contributed by atoms with Crippen LogP contribution in [0.15, 0.2) is 12.2 Å². The predicted molar refractivity (Wildman–Crippen MR) is 42.0 cm³/mol. The summed E-state index contributed by atoms with van der Waals surface area (Å²) in [5, 5.41) is 18.9. The Kier molecular flexibility index (Phi) is 1.55. The summed E-state index contributed by atoms with van der Waals surface area (Å²) in [5.74, 6) is 0.717. The lowest BCUT2D eigenvalue weighted by atomic mass is 9.66. The van der Waals surface area contributed by atoms with E-state index in [4.69, 9.17) is 5.11 Å². The van der Waals surface area contributed by atoms with Gasteiger partial charge in [0.2, 0.25) is 0 Å². The second-order valence-corrected chi connectivity index (χ2v) is 3.79. The maximum atomic E-state index is 9.87. The van der Waals surface area contributed by atoms with Crippen LogP contribution in [0, 0.1) is 11.8 Å². The van der Waals surface area contributed by atoms with Gasteiger partial charge in [-0.05, 0) is 25.2 Å². The second-order valence-electron chi connectivity index (χ2n) is 3.79. The Hall–Kier alpha value is -0.340. The van der Waals surface area contributed by atoms with E-state index in [1.165, 1.54) is 6.42 Å². The van der Waals surface area contributed by atoms with E-state index in [2.05, 4.69) is 12.2 Å². The van der Waals surface area contributed by atoms with Crippen molar-refractivity contribution in [2.45, 2.75) is 24.9 Å². The van der Waals surface area contributed by atoms with Crippen molar-refractivity contribution in [3.05, 3.63) is 12.2 Å². The van der Waals surface area contributed by atoms with E-state index in [0.717, 1.165) is 12.8 Å². The van der Waals surface area contributed by atoms with Gasteiger partial charge in [0.25, 0.3) is 0 Å². The Labute approximate surface area is 66.5 Å². The average molecular weight is 154 g/mol. The molecule has 0 amide bonds. The molecule has 1 saturated carbocycles. The van der Waals surface area contributed by atoms with Crippen LogP contribution >= 0.6 is 0 Å². The number of fused-ring (bicyclic) bond motifs is 2. The monoisotopic (exact) mass is 154 g/mol. The van der Waals surface area contributed by atoms with E-state index in [9.17, 15) is 5.11 Å². The minimum Gasteiger partial charge on any atom is -0.393 e. The summed E-state index contributed by atoms with van der Waals surface area (Å²) in [6.07, 6.45) is 7.22. The van der Waals surface area contributed by atoms with E-state index in [1.54, 1.807) is 0 Å². The van der Waals surface area contributed by atoms with Crippen molar-refractivity contribution in [1.82, 2.24) is 0 Å². The zero-order chi connectivity index (χ0) is 7.90. The van der Waals surface area contributed by atoms with Crippen molar-refractivity contribution in [3.8, 4) is 0 Å². The van der Waals surface area contributed by atoms with Crippen molar-refractivity contribution in [2.75, 3.05) is 6.61 Å². The second kappa shape index (κ2) is 2.32. The molecule has 0 aromatic rings. The largest absolute Gasteiger partial charge is 0.393 e. The molecule has 2 bridgehead atoms. The van der Waals surface area contributed by atoms with Gasteiger partial charge in [-0.3, -0.25) is 0 Å². The SMILES string of the molecule is OC[C@]1(O)C[C@@H]2C=C[C@H]1CC2. The quantitative estimate of drug-likeness (QED) is 0.546. The normalized spacial score (nSPS) is 48.2. The van der Waals surface area contributed by atoms with Crippen LogP contribution in [0.1, 0.15) is 19.3 Å². The number of hydrogen-bond donors (Lipinski definition) is 2. The van der Waals surface area contributed by atoms with Crippen LogP contribution in [0.4, 0.5) is 0 Å². The minimum atomic E-state index is -0.794. The number of rotatable bonds is 1. The first-order valence-electron chi connectivity index (χ1n) is 4.26.